The third-order valence-electron chi connectivity index (χ3n) is 14.4. The van der Waals surface area contributed by atoms with E-state index in [0.717, 1.165) is 88.8 Å². The highest BCUT2D eigenvalue weighted by Crippen LogP contribution is 2.67. The predicted octanol–water partition coefficient (Wildman–Crippen LogP) is 1.83. The number of fused-ring (bicyclic) bond motifs is 5. The van der Waals surface area contributed by atoms with Crippen LogP contribution in [0.4, 0.5) is 0 Å². The van der Waals surface area contributed by atoms with Crippen molar-refractivity contribution in [2.24, 2.45) is 34.5 Å². The number of ether oxygens (including phenoxy) is 3. The van der Waals surface area contributed by atoms with Crippen molar-refractivity contribution in [3.8, 4) is 0 Å². The Hall–Kier alpha value is -1.49. The van der Waals surface area contributed by atoms with Crippen molar-refractivity contribution in [2.75, 3.05) is 52.9 Å². The van der Waals surface area contributed by atoms with Crippen LogP contribution >= 0.6 is 0 Å². The molecular weight excluding hydrogens is 674 g/mol. The molecular formula is C38H62BrN3O6. The molecule has 0 amide bonds. The maximum atomic E-state index is 12.6. The molecule has 48 heavy (non-hydrogen) atoms. The average molecular weight is 737 g/mol. The number of piperazine rings is 1. The predicted molar refractivity (Wildman–Crippen MR) is 180 cm³/mol. The highest BCUT2D eigenvalue weighted by Gasteiger charge is 2.65. The Morgan fingerprint density at radius 3 is 2.02 bits per heavy atom. The topological polar surface area (TPSA) is 85.4 Å². The molecule has 0 radical (unpaired) electrons. The fourth-order valence-electron chi connectivity index (χ4n) is 12.0. The van der Waals surface area contributed by atoms with E-state index in [1.165, 1.54) is 26.2 Å². The van der Waals surface area contributed by atoms with Crippen LogP contribution in [0.25, 0.3) is 0 Å². The van der Waals surface area contributed by atoms with Crippen molar-refractivity contribution in [3.63, 3.8) is 0 Å². The largest absolute Gasteiger partial charge is 1.00 e. The average Bonchev–Trinajstić information content (AvgIpc) is 3.29. The number of carbonyl (C=O) groups is 3. The van der Waals surface area contributed by atoms with E-state index in [-0.39, 0.29) is 76.1 Å². The Bertz CT molecular complexity index is 1200. The number of esters is 3. The van der Waals surface area contributed by atoms with Crippen molar-refractivity contribution in [2.45, 2.75) is 123 Å². The van der Waals surface area contributed by atoms with E-state index in [4.69, 9.17) is 14.2 Å². The van der Waals surface area contributed by atoms with Gasteiger partial charge in [0, 0.05) is 64.4 Å². The highest BCUT2D eigenvalue weighted by molar-refractivity contribution is 5.67. The molecule has 272 valence electrons. The Morgan fingerprint density at radius 1 is 0.792 bits per heavy atom. The van der Waals surface area contributed by atoms with Crippen molar-refractivity contribution in [3.05, 3.63) is 12.7 Å². The monoisotopic (exact) mass is 735 g/mol. The molecule has 0 aromatic heterocycles. The first-order valence-corrected chi connectivity index (χ1v) is 18.7. The van der Waals surface area contributed by atoms with Gasteiger partial charge in [-0.25, -0.2) is 0 Å². The Balaban J connectivity index is 0.00000451. The lowest BCUT2D eigenvalue weighted by atomic mass is 9.44. The molecule has 6 aliphatic rings. The summed E-state index contributed by atoms with van der Waals surface area (Å²) in [5.41, 5.74) is 0.160. The number of hydrogen-bond donors (Lipinski definition) is 0. The minimum atomic E-state index is -0.206. The van der Waals surface area contributed by atoms with Gasteiger partial charge >= 0.3 is 17.9 Å². The van der Waals surface area contributed by atoms with Gasteiger partial charge in [0.2, 0.25) is 0 Å². The lowest BCUT2D eigenvalue weighted by molar-refractivity contribution is -0.908. The van der Waals surface area contributed by atoms with E-state index in [1.807, 2.05) is 0 Å². The summed E-state index contributed by atoms with van der Waals surface area (Å²) < 4.78 is 19.0. The molecule has 4 aliphatic carbocycles. The van der Waals surface area contributed by atoms with Gasteiger partial charge in [0.05, 0.1) is 26.7 Å². The van der Waals surface area contributed by atoms with Gasteiger partial charge in [-0.1, -0.05) is 20.4 Å². The minimum absolute atomic E-state index is 0. The molecule has 2 aliphatic heterocycles. The van der Waals surface area contributed by atoms with Gasteiger partial charge in [-0.3, -0.25) is 24.2 Å². The zero-order valence-corrected chi connectivity index (χ0v) is 32.0. The molecule has 6 fully saturated rings. The molecule has 6 rings (SSSR count). The fourth-order valence-corrected chi connectivity index (χ4v) is 12.0. The molecule has 0 spiro atoms. The second-order valence-electron chi connectivity index (χ2n) is 17.1. The summed E-state index contributed by atoms with van der Waals surface area (Å²) in [5, 5.41) is 0. The Labute approximate surface area is 299 Å². The minimum Gasteiger partial charge on any atom is -1.00 e. The molecule has 2 heterocycles. The first-order valence-electron chi connectivity index (χ1n) is 18.7. The SMILES string of the molecule is C=CC[N+]1(C)CCN(C2C[C@H]3[C@@H]4CCC5CC(OC(C)=O)C(N6CCC(OC(C)=O)CC6)C[C@]5(C)[C@@H]4CC[C@]3(C)C2OC(C)=O)CC1.[Br-]. The number of halogens is 1. The van der Waals surface area contributed by atoms with Crippen LogP contribution in [0.15, 0.2) is 12.7 Å². The van der Waals surface area contributed by atoms with Gasteiger partial charge in [0.1, 0.15) is 18.3 Å². The van der Waals surface area contributed by atoms with Crippen LogP contribution < -0.4 is 17.0 Å². The molecule has 0 aromatic carbocycles. The van der Waals surface area contributed by atoms with Crippen LogP contribution in [0.3, 0.4) is 0 Å². The maximum absolute atomic E-state index is 12.6. The zero-order valence-electron chi connectivity index (χ0n) is 30.5. The Morgan fingerprint density at radius 2 is 1.42 bits per heavy atom. The van der Waals surface area contributed by atoms with Crippen LogP contribution in [0.2, 0.25) is 0 Å². The number of quaternary nitrogens is 1. The second-order valence-corrected chi connectivity index (χ2v) is 17.1. The third-order valence-corrected chi connectivity index (χ3v) is 14.4. The fraction of sp³-hybridized carbons (Fsp3) is 0.868. The van der Waals surface area contributed by atoms with Crippen LogP contribution in [-0.2, 0) is 28.6 Å². The first-order chi connectivity index (χ1) is 22.3. The second kappa shape index (κ2) is 14.6. The normalized spacial score (nSPS) is 41.5. The summed E-state index contributed by atoms with van der Waals surface area (Å²) in [6, 6.07) is 0.466. The lowest BCUT2D eigenvalue weighted by Gasteiger charge is -2.62. The summed E-state index contributed by atoms with van der Waals surface area (Å²) in [5.74, 6) is 1.77. The molecule has 10 heteroatoms. The summed E-state index contributed by atoms with van der Waals surface area (Å²) in [4.78, 5) is 41.8. The molecule has 4 saturated carbocycles. The Kier molecular flexibility index (Phi) is 11.5. The maximum Gasteiger partial charge on any atom is 0.302 e. The van der Waals surface area contributed by atoms with E-state index in [9.17, 15) is 14.4 Å². The standard InChI is InChI=1S/C38H62N3O6.BrH/c1-8-19-41(7)20-17-40(18-21-41)33-23-32-30-10-9-28-22-35(46-26(3)43)34(39-15-12-29(13-16-39)45-25(2)42)24-38(28,6)31(30)11-14-37(32,5)36(33)47-27(4)44;/h8,28-36H,1,9-24H2,2-7H3;1H/q+1;/p-1/t28?,30-,31-,32+,33?,34?,35?,36?,37+,38+;/m1./s1. The van der Waals surface area contributed by atoms with Crippen LogP contribution in [-0.4, -0.2) is 115 Å². The summed E-state index contributed by atoms with van der Waals surface area (Å²) >= 11 is 0. The van der Waals surface area contributed by atoms with E-state index in [0.29, 0.717) is 23.7 Å². The number of likely N-dealkylation sites (N-methyl/N-ethyl adjacent to an activating group) is 1. The number of carbonyl (C=O) groups excluding carboxylic acids is 3. The zero-order chi connectivity index (χ0) is 33.7. The quantitative estimate of drug-likeness (QED) is 0.170. The number of nitrogens with zero attached hydrogens (tertiary/aromatic N) is 3. The summed E-state index contributed by atoms with van der Waals surface area (Å²) in [7, 11) is 2.34. The summed E-state index contributed by atoms with van der Waals surface area (Å²) in [6.07, 6.45) is 11.3. The van der Waals surface area contributed by atoms with Crippen molar-refractivity contribution in [1.82, 2.24) is 9.80 Å². The van der Waals surface area contributed by atoms with Gasteiger partial charge in [0.15, 0.2) is 0 Å². The van der Waals surface area contributed by atoms with Gasteiger partial charge in [-0.2, -0.15) is 0 Å². The molecule has 9 nitrogen and oxygen atoms in total. The van der Waals surface area contributed by atoms with Crippen LogP contribution in [0.1, 0.15) is 92.4 Å². The third kappa shape index (κ3) is 7.16. The number of likely N-dealkylation sites (tertiary alicyclic amines) is 1. The van der Waals surface area contributed by atoms with Crippen molar-refractivity contribution in [1.29, 1.82) is 0 Å². The van der Waals surface area contributed by atoms with Crippen LogP contribution in [0.5, 0.6) is 0 Å². The smallest absolute Gasteiger partial charge is 0.302 e. The van der Waals surface area contributed by atoms with E-state index >= 15 is 0 Å². The van der Waals surface area contributed by atoms with Gasteiger partial charge < -0.3 is 35.7 Å². The first kappa shape index (κ1) is 37.8. The molecule has 5 unspecified atom stereocenters. The molecule has 2 saturated heterocycles. The molecule has 10 atom stereocenters. The van der Waals surface area contributed by atoms with Gasteiger partial charge in [0.25, 0.3) is 0 Å². The molecule has 0 bridgehead atoms. The molecule has 0 N–H and O–H groups in total. The van der Waals surface area contributed by atoms with E-state index in [2.05, 4.69) is 43.3 Å². The van der Waals surface area contributed by atoms with Gasteiger partial charge in [-0.05, 0) is 93.0 Å². The van der Waals surface area contributed by atoms with Crippen molar-refractivity contribution < 1.29 is 50.1 Å². The van der Waals surface area contributed by atoms with Crippen molar-refractivity contribution >= 4 is 17.9 Å². The summed E-state index contributed by atoms with van der Waals surface area (Å²) in [6.45, 7) is 20.7. The van der Waals surface area contributed by atoms with Gasteiger partial charge in [-0.15, -0.1) is 0 Å². The van der Waals surface area contributed by atoms with E-state index in [1.54, 1.807) is 13.8 Å². The lowest BCUT2D eigenvalue weighted by Crippen LogP contribution is -3.00. The number of piperidine rings is 1. The number of rotatable bonds is 7. The van der Waals surface area contributed by atoms with E-state index < -0.39 is 0 Å². The highest BCUT2D eigenvalue weighted by atomic mass is 79.9. The number of hydrogen-bond acceptors (Lipinski definition) is 8. The molecule has 0 aromatic rings. The van der Waals surface area contributed by atoms with Crippen LogP contribution in [0, 0.1) is 34.5 Å².